The van der Waals surface area contributed by atoms with Gasteiger partial charge in [-0.05, 0) is 111 Å². The van der Waals surface area contributed by atoms with Crippen LogP contribution in [0.3, 0.4) is 0 Å². The monoisotopic (exact) mass is 949 g/mol. The summed E-state index contributed by atoms with van der Waals surface area (Å²) in [5, 5.41) is 142. The van der Waals surface area contributed by atoms with Gasteiger partial charge in [-0.15, -0.1) is 0 Å². The minimum atomic E-state index is -1.75. The third kappa shape index (κ3) is 8.89. The summed E-state index contributed by atoms with van der Waals surface area (Å²) in [6.07, 6.45) is -17.6. The molecule has 0 bridgehead atoms. The average molecular weight is 949 g/mol. The van der Waals surface area contributed by atoms with Crippen molar-refractivity contribution in [3.05, 3.63) is 12.2 Å². The van der Waals surface area contributed by atoms with Crippen molar-refractivity contribution >= 4 is 0 Å². The van der Waals surface area contributed by atoms with Crippen LogP contribution < -0.4 is 0 Å². The first-order chi connectivity index (χ1) is 30.6. The Labute approximate surface area is 387 Å². The summed E-state index contributed by atoms with van der Waals surface area (Å²) in [5.41, 5.74) is -5.04. The lowest BCUT2D eigenvalue weighted by Crippen LogP contribution is -2.71. The molecule has 19 heteroatoms. The van der Waals surface area contributed by atoms with Gasteiger partial charge in [-0.1, -0.05) is 46.8 Å². The average Bonchev–Trinajstić information content (AvgIpc) is 3.63. The van der Waals surface area contributed by atoms with Crippen LogP contribution in [0.2, 0.25) is 0 Å². The Hall–Kier alpha value is -1.02. The number of hydrogen-bond donors (Lipinski definition) is 13. The first-order valence-corrected chi connectivity index (χ1v) is 23.9. The van der Waals surface area contributed by atoms with Crippen molar-refractivity contribution < 1.29 is 94.8 Å². The molecule has 0 aromatic carbocycles. The van der Waals surface area contributed by atoms with E-state index in [1.54, 1.807) is 26.0 Å². The van der Waals surface area contributed by atoms with Crippen LogP contribution in [0.5, 0.6) is 0 Å². The van der Waals surface area contributed by atoms with E-state index in [1.165, 1.54) is 0 Å². The largest absolute Gasteiger partial charge is 0.394 e. The van der Waals surface area contributed by atoms with Gasteiger partial charge >= 0.3 is 0 Å². The van der Waals surface area contributed by atoms with Gasteiger partial charge in [0.25, 0.3) is 0 Å². The number of ether oxygens (including phenoxy) is 6. The Morgan fingerprint density at radius 2 is 1.27 bits per heavy atom. The standard InChI is InChI=1S/C47H80O19/c1-42(2,60)12-9-13-47(8,66-40-36(59)33(56)31(54)25(18-48)63-40)21-10-15-45(6)29(21)22(50)16-27-44(5)14-11-28(52)43(3,4)38(44)24(17-46(27,45)7)62-41-37(34(57)32(55)26(19-49)64-41)65-39-35(58)30(53)23(51)20-61-39/h9,12,21-41,48-60H,10-11,13-20H2,1-8H3/b12-9+/t21-,22+,23+,24-,25+,26+,27+,28-,29-,30-,31+,32+,33-,34-,35+,36+,37+,38-,39-,40-,41+,44+,45+,46+,47-/m0/s1. The van der Waals surface area contributed by atoms with Crippen LogP contribution in [0.1, 0.15) is 100 Å². The lowest BCUT2D eigenvalue weighted by atomic mass is 9.34. The van der Waals surface area contributed by atoms with Crippen LogP contribution in [0.4, 0.5) is 0 Å². The minimum Gasteiger partial charge on any atom is -0.394 e. The molecule has 19 nitrogen and oxygen atoms in total. The molecule has 0 unspecified atom stereocenters. The van der Waals surface area contributed by atoms with Gasteiger partial charge in [-0.3, -0.25) is 0 Å². The highest BCUT2D eigenvalue weighted by Crippen LogP contribution is 2.76. The van der Waals surface area contributed by atoms with Crippen molar-refractivity contribution in [3.63, 3.8) is 0 Å². The summed E-state index contributed by atoms with van der Waals surface area (Å²) in [7, 11) is 0. The predicted octanol–water partition coefficient (Wildman–Crippen LogP) is -1.45. The quantitative estimate of drug-likeness (QED) is 0.0787. The van der Waals surface area contributed by atoms with E-state index in [1.807, 2.05) is 20.8 Å². The van der Waals surface area contributed by atoms with E-state index in [4.69, 9.17) is 28.4 Å². The van der Waals surface area contributed by atoms with E-state index >= 15 is 0 Å². The molecule has 382 valence electrons. The predicted molar refractivity (Wildman–Crippen MR) is 230 cm³/mol. The second-order valence-electron chi connectivity index (χ2n) is 23.0. The van der Waals surface area contributed by atoms with Gasteiger partial charge in [-0.25, -0.2) is 0 Å². The molecule has 66 heavy (non-hydrogen) atoms. The van der Waals surface area contributed by atoms with Crippen LogP contribution in [0.25, 0.3) is 0 Å². The summed E-state index contributed by atoms with van der Waals surface area (Å²) in [4.78, 5) is 0. The first-order valence-electron chi connectivity index (χ1n) is 23.9. The Balaban J connectivity index is 1.27. The zero-order chi connectivity index (χ0) is 48.9. The van der Waals surface area contributed by atoms with Gasteiger partial charge in [-0.2, -0.15) is 0 Å². The fourth-order valence-electron chi connectivity index (χ4n) is 14.5. The van der Waals surface area contributed by atoms with E-state index in [-0.39, 0.29) is 12.3 Å². The summed E-state index contributed by atoms with van der Waals surface area (Å²) < 4.78 is 37.6. The zero-order valence-corrected chi connectivity index (χ0v) is 39.6. The van der Waals surface area contributed by atoms with Crippen LogP contribution in [-0.4, -0.2) is 202 Å². The van der Waals surface area contributed by atoms with Gasteiger partial charge in [0.2, 0.25) is 0 Å². The number of hydrogen-bond acceptors (Lipinski definition) is 19. The normalized spacial score (nSPS) is 52.9. The summed E-state index contributed by atoms with van der Waals surface area (Å²) >= 11 is 0. The summed E-state index contributed by atoms with van der Waals surface area (Å²) in [5.74, 6) is -1.38. The molecular formula is C47H80O19. The Bertz CT molecular complexity index is 1700. The molecule has 7 rings (SSSR count). The molecule has 0 radical (unpaired) electrons. The molecule has 3 heterocycles. The lowest BCUT2D eigenvalue weighted by Gasteiger charge is -2.72. The topological polar surface area (TPSA) is 318 Å². The van der Waals surface area contributed by atoms with Crippen LogP contribution in [0.15, 0.2) is 12.2 Å². The maximum Gasteiger partial charge on any atom is 0.187 e. The third-order valence-corrected chi connectivity index (χ3v) is 18.2. The van der Waals surface area contributed by atoms with Crippen molar-refractivity contribution in [1.82, 2.24) is 0 Å². The molecule has 0 aromatic rings. The lowest BCUT2D eigenvalue weighted by molar-refractivity contribution is -0.377. The second-order valence-corrected chi connectivity index (χ2v) is 23.0. The van der Waals surface area contributed by atoms with Crippen molar-refractivity contribution in [2.75, 3.05) is 19.8 Å². The zero-order valence-electron chi connectivity index (χ0n) is 39.6. The van der Waals surface area contributed by atoms with Crippen LogP contribution in [-0.2, 0) is 28.4 Å². The molecule has 25 atom stereocenters. The molecule has 4 aliphatic carbocycles. The summed E-state index contributed by atoms with van der Waals surface area (Å²) in [6.45, 7) is 13.9. The van der Waals surface area contributed by atoms with Crippen molar-refractivity contribution in [3.8, 4) is 0 Å². The molecule has 4 saturated carbocycles. The van der Waals surface area contributed by atoms with Gasteiger partial charge in [0.05, 0.1) is 49.3 Å². The van der Waals surface area contributed by atoms with Crippen LogP contribution in [0, 0.1) is 45.3 Å². The highest BCUT2D eigenvalue weighted by atomic mass is 16.8. The number of aliphatic hydroxyl groups is 13. The van der Waals surface area contributed by atoms with Gasteiger partial charge in [0.1, 0.15) is 67.1 Å². The molecular weight excluding hydrogens is 868 g/mol. The van der Waals surface area contributed by atoms with Crippen LogP contribution >= 0.6 is 0 Å². The van der Waals surface area contributed by atoms with Gasteiger partial charge in [0.15, 0.2) is 18.9 Å². The van der Waals surface area contributed by atoms with E-state index in [0.29, 0.717) is 38.5 Å². The SMILES string of the molecule is CC(C)(O)/C=C/C[C@](C)(O[C@@H]1O[C@H](CO)[C@@H](O)[C@H](O)[C@H]1O)[C@H]1CC[C@]2(C)[C@@H]1[C@H](O)C[C@@H]1[C@@]3(C)CC[C@H](O)C(C)(C)[C@@H]3[C@@H](O[C@@H]3O[C@H](CO)[C@@H](O)[C@H](O)[C@H]3O[C@@H]3OC[C@@H](O)[C@H](O)[C@H]3O)C[C@]12C. The van der Waals surface area contributed by atoms with Gasteiger partial charge in [0, 0.05) is 0 Å². The van der Waals surface area contributed by atoms with Crippen molar-refractivity contribution in [2.24, 2.45) is 45.3 Å². The molecule has 3 saturated heterocycles. The molecule has 7 fully saturated rings. The number of aliphatic hydroxyl groups excluding tert-OH is 12. The van der Waals surface area contributed by atoms with E-state index in [0.717, 1.165) is 0 Å². The number of fused-ring (bicyclic) bond motifs is 5. The molecule has 13 N–H and O–H groups in total. The Kier molecular flexibility index (Phi) is 15.1. The highest BCUT2D eigenvalue weighted by Gasteiger charge is 2.74. The van der Waals surface area contributed by atoms with Crippen molar-refractivity contribution in [2.45, 2.75) is 216 Å². The Morgan fingerprint density at radius 3 is 1.89 bits per heavy atom. The number of rotatable bonds is 12. The maximum atomic E-state index is 12.7. The molecule has 3 aliphatic heterocycles. The third-order valence-electron chi connectivity index (χ3n) is 18.2. The maximum absolute atomic E-state index is 12.7. The highest BCUT2D eigenvalue weighted by molar-refractivity contribution is 5.22. The fraction of sp³-hybridized carbons (Fsp3) is 0.957. The smallest absolute Gasteiger partial charge is 0.187 e. The van der Waals surface area contributed by atoms with E-state index in [9.17, 15) is 66.4 Å². The fourth-order valence-corrected chi connectivity index (χ4v) is 14.5. The van der Waals surface area contributed by atoms with E-state index < -0.39 is 175 Å². The molecule has 7 aliphatic rings. The second kappa shape index (κ2) is 18.9. The molecule has 0 aromatic heterocycles. The van der Waals surface area contributed by atoms with E-state index in [2.05, 4.69) is 20.8 Å². The minimum absolute atomic E-state index is 0.125. The van der Waals surface area contributed by atoms with Crippen molar-refractivity contribution in [1.29, 1.82) is 0 Å². The molecule has 0 spiro atoms. The molecule has 0 amide bonds. The Morgan fingerprint density at radius 1 is 0.667 bits per heavy atom. The van der Waals surface area contributed by atoms with Gasteiger partial charge < -0.3 is 94.8 Å². The first kappa shape index (κ1) is 52.8. The summed E-state index contributed by atoms with van der Waals surface area (Å²) in [6, 6.07) is 0.